The number of nitrogens with one attached hydrogen (secondary N) is 2. The highest BCUT2D eigenvalue weighted by atomic mass is 19.1. The number of amides is 2. The molecule has 2 aromatic rings. The summed E-state index contributed by atoms with van der Waals surface area (Å²) >= 11 is 0. The quantitative estimate of drug-likeness (QED) is 0.810. The van der Waals surface area contributed by atoms with Crippen LogP contribution in [0.1, 0.15) is 25.7 Å². The van der Waals surface area contributed by atoms with E-state index in [4.69, 9.17) is 4.42 Å². The lowest BCUT2D eigenvalue weighted by Crippen LogP contribution is -2.41. The predicted octanol–water partition coefficient (Wildman–Crippen LogP) is 3.51. The summed E-state index contributed by atoms with van der Waals surface area (Å²) in [5.74, 6) is 0.101. The van der Waals surface area contributed by atoms with Gasteiger partial charge in [-0.1, -0.05) is 0 Å². The van der Waals surface area contributed by atoms with Crippen LogP contribution in [0, 0.1) is 5.82 Å². The smallest absolute Gasteiger partial charge is 0.319 e. The van der Waals surface area contributed by atoms with E-state index in [9.17, 15) is 14.3 Å². The van der Waals surface area contributed by atoms with Crippen molar-refractivity contribution in [3.05, 3.63) is 42.4 Å². The van der Waals surface area contributed by atoms with Crippen LogP contribution in [0.2, 0.25) is 0 Å². The SMILES string of the molecule is O=C(Nc1cc(-c2ccco2)ccc1F)NC1CCC(O)CC1. The number of hydrogen-bond acceptors (Lipinski definition) is 3. The van der Waals surface area contributed by atoms with Crippen LogP contribution in [-0.2, 0) is 0 Å². The number of furan rings is 1. The first-order valence-electron chi connectivity index (χ1n) is 7.71. The van der Waals surface area contributed by atoms with Gasteiger partial charge in [-0.05, 0) is 56.0 Å². The number of aliphatic hydroxyl groups excluding tert-OH is 1. The molecule has 23 heavy (non-hydrogen) atoms. The van der Waals surface area contributed by atoms with Crippen molar-refractivity contribution in [3.63, 3.8) is 0 Å². The molecule has 122 valence electrons. The van der Waals surface area contributed by atoms with Crippen molar-refractivity contribution in [2.24, 2.45) is 0 Å². The maximum Gasteiger partial charge on any atom is 0.319 e. The Morgan fingerprint density at radius 3 is 2.70 bits per heavy atom. The molecule has 1 aliphatic carbocycles. The van der Waals surface area contributed by atoms with E-state index in [0.29, 0.717) is 24.2 Å². The van der Waals surface area contributed by atoms with Crippen LogP contribution in [0.3, 0.4) is 0 Å². The highest BCUT2D eigenvalue weighted by molar-refractivity contribution is 5.90. The number of halogens is 1. The molecule has 0 radical (unpaired) electrons. The second-order valence-corrected chi connectivity index (χ2v) is 5.78. The molecule has 0 saturated heterocycles. The fourth-order valence-corrected chi connectivity index (χ4v) is 2.78. The number of hydrogen-bond donors (Lipinski definition) is 3. The molecule has 2 amide bonds. The molecule has 1 aromatic carbocycles. The normalized spacial score (nSPS) is 21.0. The zero-order chi connectivity index (χ0) is 16.2. The summed E-state index contributed by atoms with van der Waals surface area (Å²) < 4.78 is 19.2. The fraction of sp³-hybridized carbons (Fsp3) is 0.353. The number of carbonyl (C=O) groups is 1. The zero-order valence-electron chi connectivity index (χ0n) is 12.6. The molecule has 6 heteroatoms. The summed E-state index contributed by atoms with van der Waals surface area (Å²) in [6.07, 6.45) is 4.06. The number of urea groups is 1. The van der Waals surface area contributed by atoms with E-state index in [-0.39, 0.29) is 17.8 Å². The van der Waals surface area contributed by atoms with Crippen LogP contribution >= 0.6 is 0 Å². The summed E-state index contributed by atoms with van der Waals surface area (Å²) in [7, 11) is 0. The van der Waals surface area contributed by atoms with Gasteiger partial charge in [0.25, 0.3) is 0 Å². The first kappa shape index (κ1) is 15.6. The minimum atomic E-state index is -0.505. The molecule has 0 unspecified atom stereocenters. The Morgan fingerprint density at radius 2 is 2.00 bits per heavy atom. The third-order valence-corrected chi connectivity index (χ3v) is 4.05. The van der Waals surface area contributed by atoms with Gasteiger partial charge in [0.05, 0.1) is 18.1 Å². The largest absolute Gasteiger partial charge is 0.464 e. The summed E-state index contributed by atoms with van der Waals surface area (Å²) in [5.41, 5.74) is 0.791. The van der Waals surface area contributed by atoms with Gasteiger partial charge < -0.3 is 20.2 Å². The number of aliphatic hydroxyl groups is 1. The Hall–Kier alpha value is -2.34. The number of benzene rings is 1. The Morgan fingerprint density at radius 1 is 1.22 bits per heavy atom. The van der Waals surface area contributed by atoms with Crippen LogP contribution in [-0.4, -0.2) is 23.3 Å². The first-order valence-corrected chi connectivity index (χ1v) is 7.71. The monoisotopic (exact) mass is 318 g/mol. The van der Waals surface area contributed by atoms with E-state index >= 15 is 0 Å². The summed E-state index contributed by atoms with van der Waals surface area (Å²) in [6, 6.07) is 7.51. The highest BCUT2D eigenvalue weighted by Crippen LogP contribution is 2.25. The van der Waals surface area contributed by atoms with Crippen LogP contribution in [0.5, 0.6) is 0 Å². The lowest BCUT2D eigenvalue weighted by molar-refractivity contribution is 0.118. The average molecular weight is 318 g/mol. The summed E-state index contributed by atoms with van der Waals surface area (Å²) in [6.45, 7) is 0. The lowest BCUT2D eigenvalue weighted by atomic mass is 9.93. The van der Waals surface area contributed by atoms with Crippen molar-refractivity contribution in [2.75, 3.05) is 5.32 Å². The maximum atomic E-state index is 13.9. The van der Waals surface area contributed by atoms with Crippen molar-refractivity contribution < 1.29 is 18.7 Å². The van der Waals surface area contributed by atoms with Crippen molar-refractivity contribution in [1.29, 1.82) is 0 Å². The molecule has 0 bridgehead atoms. The summed E-state index contributed by atoms with van der Waals surface area (Å²) in [5, 5.41) is 14.8. The van der Waals surface area contributed by atoms with E-state index < -0.39 is 11.8 Å². The zero-order valence-corrected chi connectivity index (χ0v) is 12.6. The van der Waals surface area contributed by atoms with Gasteiger partial charge in [-0.3, -0.25) is 0 Å². The third-order valence-electron chi connectivity index (χ3n) is 4.05. The van der Waals surface area contributed by atoms with Crippen molar-refractivity contribution in [1.82, 2.24) is 5.32 Å². The van der Waals surface area contributed by atoms with E-state index in [1.165, 1.54) is 12.3 Å². The predicted molar refractivity (Wildman–Crippen MR) is 84.5 cm³/mol. The molecule has 1 aliphatic rings. The minimum Gasteiger partial charge on any atom is -0.464 e. The standard InChI is InChI=1S/C17H19FN2O3/c18-14-8-3-11(16-2-1-9-23-16)10-15(14)20-17(22)19-12-4-6-13(21)7-5-12/h1-3,8-10,12-13,21H,4-7H2,(H2,19,20,22). The van der Waals surface area contributed by atoms with Crippen LogP contribution in [0.4, 0.5) is 14.9 Å². The van der Waals surface area contributed by atoms with Gasteiger partial charge >= 0.3 is 6.03 Å². The molecule has 3 rings (SSSR count). The molecular formula is C17H19FN2O3. The topological polar surface area (TPSA) is 74.5 Å². The van der Waals surface area contributed by atoms with Gasteiger partial charge in [0.15, 0.2) is 0 Å². The molecule has 0 spiro atoms. The van der Waals surface area contributed by atoms with E-state index in [2.05, 4.69) is 10.6 Å². The third kappa shape index (κ3) is 3.90. The van der Waals surface area contributed by atoms with Crippen LogP contribution in [0.15, 0.2) is 41.0 Å². The lowest BCUT2D eigenvalue weighted by Gasteiger charge is -2.26. The molecule has 1 saturated carbocycles. The van der Waals surface area contributed by atoms with Crippen LogP contribution < -0.4 is 10.6 Å². The molecule has 0 aliphatic heterocycles. The molecular weight excluding hydrogens is 299 g/mol. The summed E-state index contributed by atoms with van der Waals surface area (Å²) in [4.78, 5) is 12.0. The fourth-order valence-electron chi connectivity index (χ4n) is 2.78. The maximum absolute atomic E-state index is 13.9. The Labute approximate surface area is 133 Å². The van der Waals surface area contributed by atoms with E-state index in [0.717, 1.165) is 12.8 Å². The molecule has 1 fully saturated rings. The second-order valence-electron chi connectivity index (χ2n) is 5.78. The van der Waals surface area contributed by atoms with E-state index in [1.807, 2.05) is 0 Å². The van der Waals surface area contributed by atoms with Gasteiger partial charge in [-0.15, -0.1) is 0 Å². The number of carbonyl (C=O) groups excluding carboxylic acids is 1. The Balaban J connectivity index is 1.65. The molecule has 0 atom stereocenters. The van der Waals surface area contributed by atoms with Gasteiger partial charge in [-0.25, -0.2) is 9.18 Å². The van der Waals surface area contributed by atoms with Gasteiger partial charge in [-0.2, -0.15) is 0 Å². The van der Waals surface area contributed by atoms with Crippen LogP contribution in [0.25, 0.3) is 11.3 Å². The number of anilines is 1. The van der Waals surface area contributed by atoms with Gasteiger partial charge in [0, 0.05) is 11.6 Å². The van der Waals surface area contributed by atoms with Crippen molar-refractivity contribution >= 4 is 11.7 Å². The highest BCUT2D eigenvalue weighted by Gasteiger charge is 2.21. The molecule has 5 nitrogen and oxygen atoms in total. The van der Waals surface area contributed by atoms with Crippen molar-refractivity contribution in [3.8, 4) is 11.3 Å². The van der Waals surface area contributed by atoms with E-state index in [1.54, 1.807) is 24.3 Å². The number of rotatable bonds is 3. The minimum absolute atomic E-state index is 0.00900. The molecule has 1 heterocycles. The van der Waals surface area contributed by atoms with Gasteiger partial charge in [0.2, 0.25) is 0 Å². The first-order chi connectivity index (χ1) is 11.1. The van der Waals surface area contributed by atoms with Crippen molar-refractivity contribution in [2.45, 2.75) is 37.8 Å². The molecule has 3 N–H and O–H groups in total. The molecule has 1 aromatic heterocycles. The Bertz CT molecular complexity index is 664. The Kier molecular flexibility index (Phi) is 4.62. The van der Waals surface area contributed by atoms with Gasteiger partial charge in [0.1, 0.15) is 11.6 Å². The second kappa shape index (κ2) is 6.83. The average Bonchev–Trinajstić information content (AvgIpc) is 3.06.